The lowest BCUT2D eigenvalue weighted by atomic mass is 10.2. The number of nitrogens with zero attached hydrogens (tertiary/aromatic N) is 1. The van der Waals surface area contributed by atoms with Crippen LogP contribution in [0.1, 0.15) is 24.3 Å². The van der Waals surface area contributed by atoms with Crippen molar-refractivity contribution in [3.05, 3.63) is 52.4 Å². The zero-order valence-electron chi connectivity index (χ0n) is 14.3. The van der Waals surface area contributed by atoms with Crippen LogP contribution in [0.4, 0.5) is 8.78 Å². The Bertz CT molecular complexity index is 803. The number of nitrogens with one attached hydrogen (secondary N) is 1. The first kappa shape index (κ1) is 20.0. The summed E-state index contributed by atoms with van der Waals surface area (Å²) in [6, 6.07) is 7.27. The van der Waals surface area contributed by atoms with Gasteiger partial charge in [0.1, 0.15) is 4.21 Å². The molecule has 2 rings (SSSR count). The fourth-order valence-electron chi connectivity index (χ4n) is 2.42. The van der Waals surface area contributed by atoms with E-state index in [-0.39, 0.29) is 0 Å². The number of benzene rings is 1. The third-order valence-corrected chi connectivity index (χ3v) is 7.46. The lowest BCUT2D eigenvalue weighted by Gasteiger charge is -2.16. The topological polar surface area (TPSA) is 49.4 Å². The molecule has 0 amide bonds. The van der Waals surface area contributed by atoms with E-state index in [1.165, 1.54) is 27.8 Å². The average molecular weight is 389 g/mol. The molecular formula is C17H22F2N2O2S2. The van der Waals surface area contributed by atoms with Gasteiger partial charge in [0, 0.05) is 31.1 Å². The largest absolute Gasteiger partial charge is 0.312 e. The maximum Gasteiger partial charge on any atom is 0.252 e. The van der Waals surface area contributed by atoms with Gasteiger partial charge >= 0.3 is 0 Å². The molecule has 0 radical (unpaired) electrons. The van der Waals surface area contributed by atoms with E-state index in [4.69, 9.17) is 0 Å². The van der Waals surface area contributed by atoms with Gasteiger partial charge in [-0.25, -0.2) is 17.2 Å². The molecule has 0 aliphatic rings. The molecule has 0 bridgehead atoms. The van der Waals surface area contributed by atoms with E-state index in [0.717, 1.165) is 10.9 Å². The maximum atomic E-state index is 13.1. The molecule has 138 valence electrons. The molecule has 1 N–H and O–H groups in total. The number of hydrogen-bond acceptors (Lipinski definition) is 4. The van der Waals surface area contributed by atoms with Crippen molar-refractivity contribution < 1.29 is 17.2 Å². The molecule has 1 heterocycles. The van der Waals surface area contributed by atoms with Crippen molar-refractivity contribution in [3.63, 3.8) is 0 Å². The van der Waals surface area contributed by atoms with Gasteiger partial charge in [-0.05, 0) is 36.2 Å². The van der Waals surface area contributed by atoms with Crippen LogP contribution < -0.4 is 5.32 Å². The molecule has 4 nitrogen and oxygen atoms in total. The third kappa shape index (κ3) is 5.07. The Labute approximate surface area is 151 Å². The van der Waals surface area contributed by atoms with Crippen LogP contribution in [-0.4, -0.2) is 32.4 Å². The summed E-state index contributed by atoms with van der Waals surface area (Å²) in [5.74, 6) is -1.71. The highest BCUT2D eigenvalue weighted by atomic mass is 32.2. The predicted molar refractivity (Wildman–Crippen MR) is 96.2 cm³/mol. The van der Waals surface area contributed by atoms with E-state index in [0.29, 0.717) is 42.4 Å². The zero-order chi connectivity index (χ0) is 18.4. The summed E-state index contributed by atoms with van der Waals surface area (Å²) in [7, 11) is -3.41. The van der Waals surface area contributed by atoms with Crippen LogP contribution >= 0.6 is 11.3 Å². The van der Waals surface area contributed by atoms with Gasteiger partial charge in [0.25, 0.3) is 10.0 Å². The highest BCUT2D eigenvalue weighted by Crippen LogP contribution is 2.25. The molecule has 2 aromatic rings. The van der Waals surface area contributed by atoms with Crippen LogP contribution in [0.15, 0.2) is 34.5 Å². The van der Waals surface area contributed by atoms with Crippen LogP contribution in [0.3, 0.4) is 0 Å². The molecule has 0 fully saturated rings. The minimum absolute atomic E-state index is 0.354. The third-order valence-electron chi connectivity index (χ3n) is 3.80. The molecule has 0 saturated heterocycles. The van der Waals surface area contributed by atoms with Crippen molar-refractivity contribution in [2.24, 2.45) is 0 Å². The fourth-order valence-corrected chi connectivity index (χ4v) is 5.38. The van der Waals surface area contributed by atoms with Gasteiger partial charge in [-0.15, -0.1) is 11.3 Å². The number of rotatable bonds is 9. The van der Waals surface area contributed by atoms with Crippen molar-refractivity contribution in [1.29, 1.82) is 0 Å². The average Bonchev–Trinajstić information content (AvgIpc) is 3.05. The molecule has 25 heavy (non-hydrogen) atoms. The fraction of sp³-hybridized carbons (Fsp3) is 0.412. The van der Waals surface area contributed by atoms with Crippen LogP contribution in [0.2, 0.25) is 0 Å². The normalized spacial score (nSPS) is 12.0. The zero-order valence-corrected chi connectivity index (χ0v) is 15.9. The second-order valence-corrected chi connectivity index (χ2v) is 8.82. The van der Waals surface area contributed by atoms with Crippen molar-refractivity contribution in [1.82, 2.24) is 9.62 Å². The standard InChI is InChI=1S/C17H22F2N2O2S2/c1-3-21(4-2)25(22,23)17-8-6-14(24-17)9-10-20-12-13-5-7-15(18)16(19)11-13/h5-8,11,20H,3-4,9-10,12H2,1-2H3. The Morgan fingerprint density at radius 2 is 1.80 bits per heavy atom. The smallest absolute Gasteiger partial charge is 0.252 e. The van der Waals surface area contributed by atoms with Gasteiger partial charge in [-0.2, -0.15) is 4.31 Å². The van der Waals surface area contributed by atoms with Gasteiger partial charge in [0.05, 0.1) is 0 Å². The number of hydrogen-bond donors (Lipinski definition) is 1. The predicted octanol–water partition coefficient (Wildman–Crippen LogP) is 3.39. The second-order valence-electron chi connectivity index (χ2n) is 5.49. The van der Waals surface area contributed by atoms with E-state index in [1.54, 1.807) is 6.07 Å². The molecule has 1 aromatic carbocycles. The van der Waals surface area contributed by atoms with Crippen LogP contribution in [-0.2, 0) is 23.0 Å². The van der Waals surface area contributed by atoms with Crippen LogP contribution in [0.5, 0.6) is 0 Å². The van der Waals surface area contributed by atoms with Gasteiger partial charge in [0.15, 0.2) is 11.6 Å². The van der Waals surface area contributed by atoms with Gasteiger partial charge < -0.3 is 5.32 Å². The lowest BCUT2D eigenvalue weighted by molar-refractivity contribution is 0.447. The summed E-state index contributed by atoms with van der Waals surface area (Å²) in [6.07, 6.45) is 0.669. The summed E-state index contributed by atoms with van der Waals surface area (Å²) in [5.41, 5.74) is 0.662. The Morgan fingerprint density at radius 1 is 1.08 bits per heavy atom. The van der Waals surface area contributed by atoms with Crippen LogP contribution in [0, 0.1) is 11.6 Å². The van der Waals surface area contributed by atoms with E-state index in [1.807, 2.05) is 19.9 Å². The number of halogens is 2. The Hall–Kier alpha value is -1.35. The van der Waals surface area contributed by atoms with Crippen molar-refractivity contribution >= 4 is 21.4 Å². The molecule has 1 aromatic heterocycles. The minimum Gasteiger partial charge on any atom is -0.312 e. The number of thiophene rings is 1. The summed E-state index contributed by atoms with van der Waals surface area (Å²) < 4.78 is 52.7. The van der Waals surface area contributed by atoms with E-state index in [2.05, 4.69) is 5.32 Å². The first-order valence-electron chi connectivity index (χ1n) is 8.12. The van der Waals surface area contributed by atoms with Crippen molar-refractivity contribution in [2.75, 3.05) is 19.6 Å². The quantitative estimate of drug-likeness (QED) is 0.670. The van der Waals surface area contributed by atoms with E-state index < -0.39 is 21.7 Å². The Kier molecular flexibility index (Phi) is 7.06. The lowest BCUT2D eigenvalue weighted by Crippen LogP contribution is -2.29. The number of sulfonamides is 1. The van der Waals surface area contributed by atoms with Gasteiger partial charge in [-0.1, -0.05) is 19.9 Å². The Morgan fingerprint density at radius 3 is 2.44 bits per heavy atom. The first-order chi connectivity index (χ1) is 11.9. The summed E-state index contributed by atoms with van der Waals surface area (Å²) in [6.45, 7) is 5.57. The Balaban J connectivity index is 1.88. The molecule has 0 aliphatic heterocycles. The summed E-state index contributed by atoms with van der Waals surface area (Å²) in [5, 5.41) is 3.15. The van der Waals surface area contributed by atoms with E-state index in [9.17, 15) is 17.2 Å². The summed E-state index contributed by atoms with van der Waals surface area (Å²) in [4.78, 5) is 0.962. The molecule has 0 atom stereocenters. The minimum atomic E-state index is -3.41. The molecule has 0 saturated carbocycles. The molecular weight excluding hydrogens is 366 g/mol. The first-order valence-corrected chi connectivity index (χ1v) is 10.4. The SMILES string of the molecule is CCN(CC)S(=O)(=O)c1ccc(CCNCc2ccc(F)c(F)c2)s1. The maximum absolute atomic E-state index is 13.1. The molecule has 8 heteroatoms. The molecule has 0 unspecified atom stereocenters. The van der Waals surface area contributed by atoms with Gasteiger partial charge in [0.2, 0.25) is 0 Å². The molecule has 0 spiro atoms. The summed E-state index contributed by atoms with van der Waals surface area (Å²) >= 11 is 1.27. The monoisotopic (exact) mass is 388 g/mol. The van der Waals surface area contributed by atoms with Crippen molar-refractivity contribution in [3.8, 4) is 0 Å². The highest BCUT2D eigenvalue weighted by molar-refractivity contribution is 7.91. The highest BCUT2D eigenvalue weighted by Gasteiger charge is 2.23. The molecule has 0 aliphatic carbocycles. The van der Waals surface area contributed by atoms with Crippen molar-refractivity contribution in [2.45, 2.75) is 31.0 Å². The second kappa shape index (κ2) is 8.84. The van der Waals surface area contributed by atoms with E-state index >= 15 is 0 Å². The van der Waals surface area contributed by atoms with Gasteiger partial charge in [-0.3, -0.25) is 0 Å². The van der Waals surface area contributed by atoms with Crippen LogP contribution in [0.25, 0.3) is 0 Å².